The van der Waals surface area contributed by atoms with Crippen molar-refractivity contribution >= 4 is 29.9 Å². The lowest BCUT2D eigenvalue weighted by Crippen LogP contribution is -2.38. The smallest absolute Gasteiger partial charge is 0.191 e. The van der Waals surface area contributed by atoms with Crippen molar-refractivity contribution in [2.45, 2.75) is 70.7 Å². The fourth-order valence-electron chi connectivity index (χ4n) is 4.58. The van der Waals surface area contributed by atoms with Gasteiger partial charge in [-0.25, -0.2) is 0 Å². The molecule has 2 aromatic carbocycles. The van der Waals surface area contributed by atoms with Crippen molar-refractivity contribution in [3.05, 3.63) is 70.3 Å². The van der Waals surface area contributed by atoms with Crippen LogP contribution in [0.25, 0.3) is 0 Å². The van der Waals surface area contributed by atoms with Gasteiger partial charge in [0.05, 0.1) is 18.8 Å². The van der Waals surface area contributed by atoms with Crippen LogP contribution in [-0.4, -0.2) is 32.3 Å². The number of guanidine groups is 1. The average Bonchev–Trinajstić information content (AvgIpc) is 2.85. The highest BCUT2D eigenvalue weighted by atomic mass is 127. The molecule has 1 aliphatic heterocycles. The molecule has 0 amide bonds. The van der Waals surface area contributed by atoms with E-state index in [0.717, 1.165) is 38.6 Å². The van der Waals surface area contributed by atoms with Crippen LogP contribution in [0.15, 0.2) is 47.5 Å². The van der Waals surface area contributed by atoms with Gasteiger partial charge >= 0.3 is 0 Å². The van der Waals surface area contributed by atoms with Crippen LogP contribution in [0.5, 0.6) is 0 Å². The van der Waals surface area contributed by atoms with Crippen molar-refractivity contribution in [3.63, 3.8) is 0 Å². The SMILES string of the molecule is CN=C(NCc1cccc(COC2CCOCC2)c1)NC(C)c1ccc2c(c1)CCCC2.I. The molecule has 1 fully saturated rings. The first-order valence-corrected chi connectivity index (χ1v) is 12.1. The van der Waals surface area contributed by atoms with Gasteiger partial charge in [0.15, 0.2) is 5.96 Å². The van der Waals surface area contributed by atoms with Gasteiger partial charge in [0.1, 0.15) is 0 Å². The standard InChI is InChI=1S/C27H37N3O2.HI/c1-20(24-11-10-23-8-3-4-9-25(23)17-24)30-27(28-2)29-18-21-6-5-7-22(16-21)19-32-26-12-14-31-15-13-26;/h5-7,10-11,16-17,20,26H,3-4,8-9,12-15,18-19H2,1-2H3,(H2,28,29,30);1H. The molecule has 0 radical (unpaired) electrons. The Morgan fingerprint density at radius 2 is 1.82 bits per heavy atom. The molecule has 0 saturated carbocycles. The summed E-state index contributed by atoms with van der Waals surface area (Å²) in [5.74, 6) is 0.819. The third kappa shape index (κ3) is 7.69. The van der Waals surface area contributed by atoms with Gasteiger partial charge in [0.2, 0.25) is 0 Å². The van der Waals surface area contributed by atoms with E-state index < -0.39 is 0 Å². The molecule has 0 bridgehead atoms. The number of fused-ring (bicyclic) bond motifs is 1. The number of halogens is 1. The Morgan fingerprint density at radius 3 is 2.61 bits per heavy atom. The van der Waals surface area contributed by atoms with E-state index in [2.05, 4.69) is 65.0 Å². The summed E-state index contributed by atoms with van der Waals surface area (Å²) < 4.78 is 11.5. The van der Waals surface area contributed by atoms with Gasteiger partial charge in [-0.2, -0.15) is 0 Å². The topological polar surface area (TPSA) is 54.9 Å². The number of nitrogens with one attached hydrogen (secondary N) is 2. The first-order chi connectivity index (χ1) is 15.7. The predicted octanol–water partition coefficient (Wildman–Crippen LogP) is 5.31. The molecular weight excluding hydrogens is 525 g/mol. The second-order valence-electron chi connectivity index (χ2n) is 8.97. The van der Waals surface area contributed by atoms with E-state index in [-0.39, 0.29) is 30.0 Å². The summed E-state index contributed by atoms with van der Waals surface area (Å²) in [6.45, 7) is 5.20. The van der Waals surface area contributed by atoms with Gasteiger partial charge in [-0.15, -0.1) is 24.0 Å². The van der Waals surface area contributed by atoms with E-state index >= 15 is 0 Å². The molecule has 4 rings (SSSR count). The average molecular weight is 564 g/mol. The molecule has 1 aliphatic carbocycles. The van der Waals surface area contributed by atoms with E-state index in [1.54, 1.807) is 0 Å². The van der Waals surface area contributed by atoms with Crippen LogP contribution in [0.1, 0.15) is 66.5 Å². The van der Waals surface area contributed by atoms with Gasteiger partial charge in [-0.05, 0) is 73.3 Å². The van der Waals surface area contributed by atoms with Crippen LogP contribution in [-0.2, 0) is 35.5 Å². The number of ether oxygens (including phenoxy) is 2. The molecule has 1 unspecified atom stereocenters. The normalized spacial score (nSPS) is 17.6. The maximum atomic E-state index is 6.08. The molecule has 5 nitrogen and oxygen atoms in total. The minimum absolute atomic E-state index is 0. The van der Waals surface area contributed by atoms with Crippen molar-refractivity contribution in [2.24, 2.45) is 4.99 Å². The summed E-state index contributed by atoms with van der Waals surface area (Å²) in [5, 5.41) is 7.01. The lowest BCUT2D eigenvalue weighted by atomic mass is 9.89. The zero-order valence-electron chi connectivity index (χ0n) is 19.9. The van der Waals surface area contributed by atoms with Crippen molar-refractivity contribution in [1.29, 1.82) is 0 Å². The Kier molecular flexibility index (Phi) is 10.5. The van der Waals surface area contributed by atoms with Crippen molar-refractivity contribution in [2.75, 3.05) is 20.3 Å². The Hall–Kier alpha value is -1.64. The molecule has 180 valence electrons. The molecular formula is C27H38IN3O2. The van der Waals surface area contributed by atoms with Gasteiger partial charge in [-0.3, -0.25) is 4.99 Å². The molecule has 1 atom stereocenters. The number of aliphatic imine (C=N–C) groups is 1. The number of rotatable bonds is 7. The summed E-state index contributed by atoms with van der Waals surface area (Å²) in [6, 6.07) is 15.7. The largest absolute Gasteiger partial charge is 0.381 e. The number of hydrogen-bond acceptors (Lipinski definition) is 3. The van der Waals surface area contributed by atoms with E-state index in [1.165, 1.54) is 53.5 Å². The molecule has 2 aromatic rings. The first kappa shape index (κ1) is 26.0. The minimum atomic E-state index is 0. The Bertz CT molecular complexity index is 912. The highest BCUT2D eigenvalue weighted by molar-refractivity contribution is 14.0. The summed E-state index contributed by atoms with van der Waals surface area (Å²) >= 11 is 0. The number of nitrogens with zero attached hydrogens (tertiary/aromatic N) is 1. The van der Waals surface area contributed by atoms with Crippen LogP contribution in [0.3, 0.4) is 0 Å². The quantitative estimate of drug-likeness (QED) is 0.273. The van der Waals surface area contributed by atoms with E-state index in [1.807, 2.05) is 7.05 Å². The lowest BCUT2D eigenvalue weighted by Gasteiger charge is -2.22. The third-order valence-corrected chi connectivity index (χ3v) is 6.55. The fraction of sp³-hybridized carbons (Fsp3) is 0.519. The number of hydrogen-bond donors (Lipinski definition) is 2. The van der Waals surface area contributed by atoms with Gasteiger partial charge in [-0.1, -0.05) is 42.5 Å². The van der Waals surface area contributed by atoms with Crippen molar-refractivity contribution in [3.8, 4) is 0 Å². The monoisotopic (exact) mass is 563 g/mol. The predicted molar refractivity (Wildman–Crippen MR) is 145 cm³/mol. The van der Waals surface area contributed by atoms with E-state index in [9.17, 15) is 0 Å². The zero-order valence-corrected chi connectivity index (χ0v) is 22.3. The maximum absolute atomic E-state index is 6.08. The van der Waals surface area contributed by atoms with Crippen LogP contribution in [0.2, 0.25) is 0 Å². The second kappa shape index (κ2) is 13.3. The van der Waals surface area contributed by atoms with Gasteiger partial charge in [0.25, 0.3) is 0 Å². The van der Waals surface area contributed by atoms with Gasteiger partial charge in [0, 0.05) is 26.8 Å². The molecule has 1 saturated heterocycles. The highest BCUT2D eigenvalue weighted by Crippen LogP contribution is 2.24. The minimum Gasteiger partial charge on any atom is -0.381 e. The summed E-state index contributed by atoms with van der Waals surface area (Å²) in [4.78, 5) is 4.43. The second-order valence-corrected chi connectivity index (χ2v) is 8.97. The Balaban J connectivity index is 0.00000306. The van der Waals surface area contributed by atoms with E-state index in [4.69, 9.17) is 9.47 Å². The number of benzene rings is 2. The maximum Gasteiger partial charge on any atom is 0.191 e. The summed E-state index contributed by atoms with van der Waals surface area (Å²) in [5.41, 5.74) is 6.80. The molecule has 2 N–H and O–H groups in total. The number of aryl methyl sites for hydroxylation is 2. The first-order valence-electron chi connectivity index (χ1n) is 12.1. The van der Waals surface area contributed by atoms with Gasteiger partial charge < -0.3 is 20.1 Å². The van der Waals surface area contributed by atoms with Crippen LogP contribution in [0.4, 0.5) is 0 Å². The van der Waals surface area contributed by atoms with Crippen LogP contribution >= 0.6 is 24.0 Å². The lowest BCUT2D eigenvalue weighted by molar-refractivity contribution is -0.0390. The zero-order chi connectivity index (χ0) is 22.2. The third-order valence-electron chi connectivity index (χ3n) is 6.55. The highest BCUT2D eigenvalue weighted by Gasteiger charge is 2.15. The molecule has 33 heavy (non-hydrogen) atoms. The summed E-state index contributed by atoms with van der Waals surface area (Å²) in [6.07, 6.45) is 7.35. The van der Waals surface area contributed by atoms with Crippen molar-refractivity contribution < 1.29 is 9.47 Å². The fourth-order valence-corrected chi connectivity index (χ4v) is 4.58. The molecule has 0 aromatic heterocycles. The van der Waals surface area contributed by atoms with Crippen LogP contribution in [0, 0.1) is 0 Å². The molecule has 0 spiro atoms. The molecule has 6 heteroatoms. The van der Waals surface area contributed by atoms with E-state index in [0.29, 0.717) is 12.7 Å². The summed E-state index contributed by atoms with van der Waals surface area (Å²) in [7, 11) is 1.83. The van der Waals surface area contributed by atoms with Crippen molar-refractivity contribution in [1.82, 2.24) is 10.6 Å². The van der Waals surface area contributed by atoms with Crippen LogP contribution < -0.4 is 10.6 Å². The Labute approximate surface area is 215 Å². The molecule has 2 aliphatic rings. The molecule has 1 heterocycles. The Morgan fingerprint density at radius 1 is 1.06 bits per heavy atom.